The highest BCUT2D eigenvalue weighted by molar-refractivity contribution is 8.13. The number of rotatable bonds is 4. The van der Waals surface area contributed by atoms with Gasteiger partial charge in [-0.2, -0.15) is 0 Å². The molecule has 0 aliphatic carbocycles. The molecule has 24 heavy (non-hydrogen) atoms. The topological polar surface area (TPSA) is 78.5 Å². The molecule has 2 aromatic carbocycles. The lowest BCUT2D eigenvalue weighted by molar-refractivity contribution is 0.262. The van der Waals surface area contributed by atoms with Crippen LogP contribution < -0.4 is 15.5 Å². The molecule has 9 heteroatoms. The standard InChI is InChI=1S/C15H15Cl2N3O3S/c1-20(2)12-6-3-10(4-7-12)18-15(21)19-11-5-8-14(13(16)9-11)24(17,22)23/h3-9H,1-2H3,(H2,18,19,21). The Morgan fingerprint density at radius 2 is 1.54 bits per heavy atom. The summed E-state index contributed by atoms with van der Waals surface area (Å²) in [5.74, 6) is 0. The van der Waals surface area contributed by atoms with Crippen LogP contribution in [0.4, 0.5) is 21.9 Å². The summed E-state index contributed by atoms with van der Waals surface area (Å²) in [4.78, 5) is 13.7. The number of carbonyl (C=O) groups excluding carboxylic acids is 1. The van der Waals surface area contributed by atoms with Crippen molar-refractivity contribution < 1.29 is 13.2 Å². The number of nitrogens with zero attached hydrogens (tertiary/aromatic N) is 1. The van der Waals surface area contributed by atoms with Crippen molar-refractivity contribution in [2.24, 2.45) is 0 Å². The molecule has 0 saturated carbocycles. The maximum Gasteiger partial charge on any atom is 0.323 e. The van der Waals surface area contributed by atoms with Crippen molar-refractivity contribution in [3.05, 3.63) is 47.5 Å². The number of nitrogens with one attached hydrogen (secondary N) is 2. The first kappa shape index (κ1) is 18.4. The van der Waals surface area contributed by atoms with E-state index in [-0.39, 0.29) is 9.92 Å². The maximum atomic E-state index is 12.0. The van der Waals surface area contributed by atoms with Crippen LogP contribution in [0.2, 0.25) is 5.02 Å². The van der Waals surface area contributed by atoms with Gasteiger partial charge in [-0.1, -0.05) is 11.6 Å². The maximum absolute atomic E-state index is 12.0. The number of halogens is 2. The third-order valence-electron chi connectivity index (χ3n) is 3.09. The lowest BCUT2D eigenvalue weighted by atomic mass is 10.2. The predicted octanol–water partition coefficient (Wildman–Crippen LogP) is 3.98. The van der Waals surface area contributed by atoms with E-state index in [2.05, 4.69) is 10.6 Å². The summed E-state index contributed by atoms with van der Waals surface area (Å²) >= 11 is 5.86. The summed E-state index contributed by atoms with van der Waals surface area (Å²) in [5, 5.41) is 5.16. The molecule has 0 heterocycles. The number of amides is 2. The number of urea groups is 1. The minimum Gasteiger partial charge on any atom is -0.378 e. The summed E-state index contributed by atoms with van der Waals surface area (Å²) in [6.07, 6.45) is 0. The summed E-state index contributed by atoms with van der Waals surface area (Å²) in [6.45, 7) is 0. The molecule has 0 atom stereocenters. The summed E-state index contributed by atoms with van der Waals surface area (Å²) in [6, 6.07) is 10.7. The van der Waals surface area contributed by atoms with Gasteiger partial charge in [0.25, 0.3) is 9.05 Å². The van der Waals surface area contributed by atoms with Gasteiger partial charge in [-0.25, -0.2) is 13.2 Å². The highest BCUT2D eigenvalue weighted by Crippen LogP contribution is 2.27. The molecule has 0 aliphatic heterocycles. The van der Waals surface area contributed by atoms with Crippen LogP contribution in [0.25, 0.3) is 0 Å². The van der Waals surface area contributed by atoms with Gasteiger partial charge in [-0.3, -0.25) is 0 Å². The minimum atomic E-state index is -3.93. The second-order valence-electron chi connectivity index (χ2n) is 5.10. The Kier molecular flexibility index (Phi) is 5.58. The fourth-order valence-electron chi connectivity index (χ4n) is 1.91. The molecule has 0 aromatic heterocycles. The molecule has 2 N–H and O–H groups in total. The summed E-state index contributed by atoms with van der Waals surface area (Å²) < 4.78 is 22.6. The fraction of sp³-hybridized carbons (Fsp3) is 0.133. The van der Waals surface area contributed by atoms with Crippen LogP contribution >= 0.6 is 22.3 Å². The van der Waals surface area contributed by atoms with Gasteiger partial charge in [-0.15, -0.1) is 0 Å². The van der Waals surface area contributed by atoms with Crippen LogP contribution in [0.1, 0.15) is 0 Å². The largest absolute Gasteiger partial charge is 0.378 e. The number of hydrogen-bond acceptors (Lipinski definition) is 4. The summed E-state index contributed by atoms with van der Waals surface area (Å²) in [5.41, 5.74) is 1.96. The van der Waals surface area contributed by atoms with E-state index in [1.54, 1.807) is 12.1 Å². The Hall–Kier alpha value is -1.96. The second-order valence-corrected chi connectivity index (χ2v) is 8.05. The van der Waals surface area contributed by atoms with Crippen LogP contribution in [-0.2, 0) is 9.05 Å². The number of anilines is 3. The Bertz CT molecular complexity index is 853. The molecule has 2 aromatic rings. The molecule has 0 bridgehead atoms. The van der Waals surface area contributed by atoms with Gasteiger partial charge in [0.1, 0.15) is 4.90 Å². The SMILES string of the molecule is CN(C)c1ccc(NC(=O)Nc2ccc(S(=O)(=O)Cl)c(Cl)c2)cc1. The fourth-order valence-corrected chi connectivity index (χ4v) is 3.44. The molecule has 128 valence electrons. The Morgan fingerprint density at radius 3 is 2.04 bits per heavy atom. The normalized spacial score (nSPS) is 11.0. The lowest BCUT2D eigenvalue weighted by Crippen LogP contribution is -2.19. The van der Waals surface area contributed by atoms with E-state index in [9.17, 15) is 13.2 Å². The first-order chi connectivity index (χ1) is 11.2. The Balaban J connectivity index is 2.06. The molecule has 0 unspecified atom stereocenters. The predicted molar refractivity (Wildman–Crippen MR) is 97.9 cm³/mol. The van der Waals surface area contributed by atoms with Gasteiger partial charge >= 0.3 is 6.03 Å². The second kappa shape index (κ2) is 7.29. The number of benzene rings is 2. The van der Waals surface area contributed by atoms with E-state index >= 15 is 0 Å². The molecule has 0 spiro atoms. The van der Waals surface area contributed by atoms with E-state index < -0.39 is 15.1 Å². The van der Waals surface area contributed by atoms with Crippen molar-refractivity contribution >= 4 is 54.4 Å². The van der Waals surface area contributed by atoms with Crippen LogP contribution in [0.15, 0.2) is 47.4 Å². The third-order valence-corrected chi connectivity index (χ3v) is 4.90. The zero-order chi connectivity index (χ0) is 17.9. The molecule has 2 rings (SSSR count). The monoisotopic (exact) mass is 387 g/mol. The average molecular weight is 388 g/mol. The molecular formula is C15H15Cl2N3O3S. The van der Waals surface area contributed by atoms with Gasteiger partial charge in [0.15, 0.2) is 0 Å². The van der Waals surface area contributed by atoms with Gasteiger partial charge in [0.2, 0.25) is 0 Å². The van der Waals surface area contributed by atoms with Crippen LogP contribution in [0.3, 0.4) is 0 Å². The molecule has 2 amide bonds. The van der Waals surface area contributed by atoms with Gasteiger partial charge in [-0.05, 0) is 42.5 Å². The van der Waals surface area contributed by atoms with Crippen LogP contribution in [0.5, 0.6) is 0 Å². The molecule has 0 fully saturated rings. The van der Waals surface area contributed by atoms with Crippen molar-refractivity contribution in [1.82, 2.24) is 0 Å². The van der Waals surface area contributed by atoms with Gasteiger partial charge in [0.05, 0.1) is 5.02 Å². The quantitative estimate of drug-likeness (QED) is 0.777. The van der Waals surface area contributed by atoms with E-state index in [4.69, 9.17) is 22.3 Å². The van der Waals surface area contributed by atoms with Crippen molar-refractivity contribution in [2.75, 3.05) is 29.6 Å². The van der Waals surface area contributed by atoms with E-state index in [0.29, 0.717) is 11.4 Å². The molecule has 0 saturated heterocycles. The first-order valence-electron chi connectivity index (χ1n) is 6.76. The lowest BCUT2D eigenvalue weighted by Gasteiger charge is -2.13. The smallest absolute Gasteiger partial charge is 0.323 e. The highest BCUT2D eigenvalue weighted by atomic mass is 35.7. The molecule has 6 nitrogen and oxygen atoms in total. The van der Waals surface area contributed by atoms with E-state index in [0.717, 1.165) is 5.69 Å². The minimum absolute atomic E-state index is 0.0712. The van der Waals surface area contributed by atoms with Gasteiger partial charge < -0.3 is 15.5 Å². The summed E-state index contributed by atoms with van der Waals surface area (Å²) in [7, 11) is 5.16. The van der Waals surface area contributed by atoms with Gasteiger partial charge in [0, 0.05) is 41.8 Å². The van der Waals surface area contributed by atoms with Crippen LogP contribution in [-0.4, -0.2) is 28.5 Å². The number of carbonyl (C=O) groups is 1. The van der Waals surface area contributed by atoms with Crippen LogP contribution in [0, 0.1) is 0 Å². The third kappa shape index (κ3) is 4.77. The zero-order valence-corrected chi connectivity index (χ0v) is 15.2. The highest BCUT2D eigenvalue weighted by Gasteiger charge is 2.15. The average Bonchev–Trinajstić information content (AvgIpc) is 2.46. The van der Waals surface area contributed by atoms with E-state index in [1.165, 1.54) is 18.2 Å². The molecule has 0 radical (unpaired) electrons. The Morgan fingerprint density at radius 1 is 1.00 bits per heavy atom. The van der Waals surface area contributed by atoms with E-state index in [1.807, 2.05) is 31.1 Å². The first-order valence-corrected chi connectivity index (χ1v) is 9.45. The van der Waals surface area contributed by atoms with Crippen molar-refractivity contribution in [1.29, 1.82) is 0 Å². The van der Waals surface area contributed by atoms with Crippen molar-refractivity contribution in [2.45, 2.75) is 4.90 Å². The van der Waals surface area contributed by atoms with Crippen molar-refractivity contribution in [3.63, 3.8) is 0 Å². The Labute approximate surface area is 149 Å². The molecular weight excluding hydrogens is 373 g/mol. The number of hydrogen-bond donors (Lipinski definition) is 2. The van der Waals surface area contributed by atoms with Crippen molar-refractivity contribution in [3.8, 4) is 0 Å². The molecule has 0 aliphatic rings. The zero-order valence-electron chi connectivity index (χ0n) is 12.9.